The first-order valence-electron chi connectivity index (χ1n) is 11.8. The predicted molar refractivity (Wildman–Crippen MR) is 127 cm³/mol. The van der Waals surface area contributed by atoms with Gasteiger partial charge in [0, 0.05) is 24.3 Å². The Hall–Kier alpha value is -4.48. The predicted octanol–water partition coefficient (Wildman–Crippen LogP) is 4.70. The highest BCUT2D eigenvalue weighted by Crippen LogP contribution is 2.27. The van der Waals surface area contributed by atoms with E-state index in [2.05, 4.69) is 12.3 Å². The van der Waals surface area contributed by atoms with Crippen molar-refractivity contribution in [3.63, 3.8) is 0 Å². The van der Waals surface area contributed by atoms with E-state index in [1.807, 2.05) is 0 Å². The summed E-state index contributed by atoms with van der Waals surface area (Å²) in [4.78, 5) is 0. The van der Waals surface area contributed by atoms with Crippen molar-refractivity contribution in [1.29, 1.82) is 0 Å². The topological polar surface area (TPSA) is 27.6 Å². The van der Waals surface area contributed by atoms with Crippen molar-refractivity contribution in [2.75, 3.05) is 6.54 Å². The summed E-state index contributed by atoms with van der Waals surface area (Å²) in [6, 6.07) is -2.92. The van der Waals surface area contributed by atoms with Crippen LogP contribution in [0.3, 0.4) is 0 Å². The Balaban J connectivity index is 0.00000130. The lowest BCUT2D eigenvalue weighted by molar-refractivity contribution is -0.352. The summed E-state index contributed by atoms with van der Waals surface area (Å²) >= 11 is 0. The van der Waals surface area contributed by atoms with E-state index in [9.17, 15) is 35.1 Å². The zero-order chi connectivity index (χ0) is 34.3. The maximum atomic E-state index is 15.3. The smallest absolute Gasteiger partial charge is 0.191 e. The quantitative estimate of drug-likeness (QED) is 0.105. The molecule has 0 aliphatic heterocycles. The number of quaternary nitrogens is 1. The molecule has 0 amide bonds. The van der Waals surface area contributed by atoms with E-state index in [4.69, 9.17) is 0 Å². The number of rotatable bonds is 5. The summed E-state index contributed by atoms with van der Waals surface area (Å²) in [5.41, 5.74) is -7.46. The van der Waals surface area contributed by atoms with Crippen molar-refractivity contribution >= 4 is 28.0 Å². The molecule has 0 spiro atoms. The van der Waals surface area contributed by atoms with Crippen molar-refractivity contribution in [3.8, 4) is 0 Å². The van der Waals surface area contributed by atoms with Gasteiger partial charge in [-0.1, -0.05) is 6.58 Å². The third kappa shape index (κ3) is 5.51. The molecular weight excluding hydrogens is 653 g/mol. The largest absolute Gasteiger partial charge is 0.354 e. The fourth-order valence-electron chi connectivity index (χ4n) is 4.77. The summed E-state index contributed by atoms with van der Waals surface area (Å²) in [5.74, 6) is -45.1. The van der Waals surface area contributed by atoms with E-state index in [0.29, 0.717) is 0 Å². The van der Waals surface area contributed by atoms with Crippen LogP contribution >= 0.6 is 0 Å². The summed E-state index contributed by atoms with van der Waals surface area (Å²) in [5, 5.41) is 0. The Morgan fingerprint density at radius 3 is 0.733 bits per heavy atom. The summed E-state index contributed by atoms with van der Waals surface area (Å²) < 4.78 is 235. The van der Waals surface area contributed by atoms with Gasteiger partial charge in [0.2, 0.25) is 0 Å². The standard InChI is InChI=1S/C24H4BF16.C3H7N/c26-5-1-9(30)17(34)21(38)13(5)25(14-6(27)2-10(31)18(35)22(14)39,15-7(28)3-11(32)19(36)23(15)40)16-8(29)4-12(33)20(37)24(16)41;1-2-3-4/h1-4H;2H,1,3-4H2/q-1;/p+1. The molecule has 0 radical (unpaired) electrons. The van der Waals surface area contributed by atoms with Gasteiger partial charge >= 0.3 is 0 Å². The van der Waals surface area contributed by atoms with Crippen molar-refractivity contribution in [2.45, 2.75) is 0 Å². The van der Waals surface area contributed by atoms with Gasteiger partial charge in [0.25, 0.3) is 0 Å². The van der Waals surface area contributed by atoms with Gasteiger partial charge in [0.05, 0.1) is 29.8 Å². The second-order valence-corrected chi connectivity index (χ2v) is 8.97. The minimum atomic E-state index is -6.18. The number of halogens is 16. The molecule has 0 fully saturated rings. The molecule has 18 heteroatoms. The van der Waals surface area contributed by atoms with Crippen LogP contribution in [0.2, 0.25) is 0 Å². The Labute approximate surface area is 241 Å². The van der Waals surface area contributed by atoms with Crippen molar-refractivity contribution in [3.05, 3.63) is 130 Å². The van der Waals surface area contributed by atoms with Crippen LogP contribution < -0.4 is 27.6 Å². The molecule has 0 bridgehead atoms. The van der Waals surface area contributed by atoms with Gasteiger partial charge in [-0.3, -0.25) is 0 Å². The second kappa shape index (κ2) is 12.9. The molecular formula is C27H12BF16N. The SMILES string of the molecule is C=CC[NH3+].Fc1cc(F)c([B-](c2c(F)cc(F)c(F)c2F)(c2c(F)cc(F)c(F)c2F)c2c(F)cc(F)c(F)c2F)c(F)c1F. The van der Waals surface area contributed by atoms with Crippen molar-refractivity contribution in [2.24, 2.45) is 0 Å². The fraction of sp³-hybridized carbons (Fsp3) is 0.0370. The third-order valence-electron chi connectivity index (χ3n) is 6.53. The lowest BCUT2D eigenvalue weighted by atomic mass is 9.12. The van der Waals surface area contributed by atoms with Crippen LogP contribution in [0.15, 0.2) is 36.9 Å². The first-order valence-corrected chi connectivity index (χ1v) is 11.8. The van der Waals surface area contributed by atoms with Gasteiger partial charge in [0.1, 0.15) is 29.4 Å². The molecule has 4 aromatic carbocycles. The van der Waals surface area contributed by atoms with Crippen molar-refractivity contribution in [1.82, 2.24) is 0 Å². The van der Waals surface area contributed by atoms with Gasteiger partial charge in [-0.2, -0.15) is 0 Å². The van der Waals surface area contributed by atoms with Crippen LogP contribution in [0.5, 0.6) is 0 Å². The molecule has 240 valence electrons. The Kier molecular flexibility index (Phi) is 10.0. The average Bonchev–Trinajstić information content (AvgIpc) is 2.96. The van der Waals surface area contributed by atoms with E-state index in [-0.39, 0.29) is 0 Å². The van der Waals surface area contributed by atoms with E-state index in [1.165, 1.54) is 0 Å². The second-order valence-electron chi connectivity index (χ2n) is 8.97. The number of hydrogen-bond donors (Lipinski definition) is 1. The molecule has 4 rings (SSSR count). The molecule has 0 aliphatic rings. The number of hydrogen-bond acceptors (Lipinski definition) is 0. The van der Waals surface area contributed by atoms with E-state index in [0.717, 1.165) is 6.54 Å². The fourth-order valence-corrected chi connectivity index (χ4v) is 4.77. The molecule has 0 saturated carbocycles. The van der Waals surface area contributed by atoms with Gasteiger partial charge in [-0.05, 0) is 6.08 Å². The molecule has 0 saturated heterocycles. The van der Waals surface area contributed by atoms with Crippen LogP contribution in [-0.2, 0) is 0 Å². The minimum absolute atomic E-state index is 0.731. The monoisotopic (exact) mass is 665 g/mol. The van der Waals surface area contributed by atoms with Crippen LogP contribution in [0, 0.1) is 93.1 Å². The Morgan fingerprint density at radius 2 is 0.578 bits per heavy atom. The molecule has 0 heterocycles. The zero-order valence-corrected chi connectivity index (χ0v) is 21.6. The van der Waals surface area contributed by atoms with E-state index in [1.54, 1.807) is 6.08 Å². The summed E-state index contributed by atoms with van der Waals surface area (Å²) in [6.45, 7) is 4.25. The van der Waals surface area contributed by atoms with Crippen molar-refractivity contribution < 1.29 is 76.0 Å². The van der Waals surface area contributed by atoms with Gasteiger partial charge < -0.3 is 5.73 Å². The minimum Gasteiger partial charge on any atom is -0.354 e. The summed E-state index contributed by atoms with van der Waals surface area (Å²) in [6.07, 6.45) is -4.42. The molecule has 0 aliphatic carbocycles. The highest BCUT2D eigenvalue weighted by molar-refractivity contribution is 7.20. The van der Waals surface area contributed by atoms with Crippen LogP contribution in [-0.4, -0.2) is 12.7 Å². The molecule has 3 N–H and O–H groups in total. The highest BCUT2D eigenvalue weighted by Gasteiger charge is 2.49. The van der Waals surface area contributed by atoms with E-state index < -0.39 is 145 Å². The maximum Gasteiger partial charge on any atom is 0.191 e. The van der Waals surface area contributed by atoms with Crippen LogP contribution in [0.25, 0.3) is 0 Å². The van der Waals surface area contributed by atoms with Gasteiger partial charge in [-0.25, -0.2) is 70.2 Å². The summed E-state index contributed by atoms with van der Waals surface area (Å²) in [7, 11) is 0. The molecule has 0 aromatic heterocycles. The van der Waals surface area contributed by atoms with Gasteiger partial charge in [-0.15, -0.1) is 21.9 Å². The molecule has 0 unspecified atom stereocenters. The molecule has 0 atom stereocenters. The molecule has 45 heavy (non-hydrogen) atoms. The normalized spacial score (nSPS) is 11.4. The molecule has 1 nitrogen and oxygen atoms in total. The third-order valence-corrected chi connectivity index (χ3v) is 6.53. The van der Waals surface area contributed by atoms with Crippen LogP contribution in [0.1, 0.15) is 0 Å². The lowest BCUT2D eigenvalue weighted by Gasteiger charge is -2.44. The average molecular weight is 665 g/mol. The first-order chi connectivity index (χ1) is 20.9. The zero-order valence-electron chi connectivity index (χ0n) is 21.6. The number of benzene rings is 4. The highest BCUT2D eigenvalue weighted by atomic mass is 19.2. The Bertz CT molecular complexity index is 1580. The lowest BCUT2D eigenvalue weighted by Crippen LogP contribution is -2.80. The molecule has 4 aromatic rings. The Morgan fingerprint density at radius 1 is 0.400 bits per heavy atom. The van der Waals surface area contributed by atoms with Gasteiger partial charge in [0.15, 0.2) is 46.5 Å². The first kappa shape index (κ1) is 35.0. The maximum absolute atomic E-state index is 15.3. The van der Waals surface area contributed by atoms with E-state index >= 15 is 35.1 Å². The van der Waals surface area contributed by atoms with Crippen LogP contribution in [0.4, 0.5) is 70.2 Å².